The first-order chi connectivity index (χ1) is 9.63. The molecule has 112 valence electrons. The fraction of sp³-hybridized carbons (Fsp3) is 0.941. The SMILES string of the molecule is NC1CCC(NC(=O)C23CC4CC(CC(C4)C2)C3)CC1. The third kappa shape index (κ3) is 2.18. The van der Waals surface area contributed by atoms with Crippen LogP contribution in [0.4, 0.5) is 0 Å². The number of rotatable bonds is 2. The second-order valence-electron chi connectivity index (χ2n) is 8.28. The predicted molar refractivity (Wildman–Crippen MR) is 79.0 cm³/mol. The summed E-state index contributed by atoms with van der Waals surface area (Å²) in [6, 6.07) is 0.762. The second-order valence-corrected chi connectivity index (χ2v) is 8.28. The van der Waals surface area contributed by atoms with Crippen LogP contribution in [0.1, 0.15) is 64.2 Å². The van der Waals surface area contributed by atoms with Crippen LogP contribution in [0.15, 0.2) is 0 Å². The summed E-state index contributed by atoms with van der Waals surface area (Å²) in [5, 5.41) is 3.40. The van der Waals surface area contributed by atoms with Crippen LogP contribution in [0.2, 0.25) is 0 Å². The molecule has 3 heteroatoms. The summed E-state index contributed by atoms with van der Waals surface area (Å²) in [5.74, 6) is 2.96. The van der Waals surface area contributed by atoms with Crippen LogP contribution in [0, 0.1) is 23.2 Å². The summed E-state index contributed by atoms with van der Waals surface area (Å²) in [7, 11) is 0. The minimum Gasteiger partial charge on any atom is -0.353 e. The van der Waals surface area contributed by atoms with Gasteiger partial charge in [-0.25, -0.2) is 0 Å². The molecule has 3 N–H and O–H groups in total. The van der Waals surface area contributed by atoms with Crippen LogP contribution in [0.25, 0.3) is 0 Å². The quantitative estimate of drug-likeness (QED) is 0.814. The number of amides is 1. The summed E-state index contributed by atoms with van der Waals surface area (Å²) < 4.78 is 0. The Balaban J connectivity index is 1.43. The third-order valence-electron chi connectivity index (χ3n) is 6.63. The molecule has 3 nitrogen and oxygen atoms in total. The molecule has 5 fully saturated rings. The highest BCUT2D eigenvalue weighted by Crippen LogP contribution is 2.60. The van der Waals surface area contributed by atoms with E-state index in [4.69, 9.17) is 5.73 Å². The van der Waals surface area contributed by atoms with Gasteiger partial charge < -0.3 is 11.1 Å². The van der Waals surface area contributed by atoms with E-state index in [1.807, 2.05) is 0 Å². The summed E-state index contributed by atoms with van der Waals surface area (Å²) >= 11 is 0. The van der Waals surface area contributed by atoms with Crippen molar-refractivity contribution in [2.45, 2.75) is 76.3 Å². The zero-order valence-corrected chi connectivity index (χ0v) is 12.4. The molecule has 5 saturated carbocycles. The van der Waals surface area contributed by atoms with Crippen LogP contribution >= 0.6 is 0 Å². The molecular weight excluding hydrogens is 248 g/mol. The van der Waals surface area contributed by atoms with Crippen molar-refractivity contribution in [1.29, 1.82) is 0 Å². The highest BCUT2D eigenvalue weighted by molar-refractivity contribution is 5.83. The lowest BCUT2D eigenvalue weighted by Gasteiger charge is -2.56. The van der Waals surface area contributed by atoms with E-state index in [1.165, 1.54) is 38.5 Å². The molecule has 5 rings (SSSR count). The first-order valence-electron chi connectivity index (χ1n) is 8.69. The Hall–Kier alpha value is -0.570. The average molecular weight is 276 g/mol. The lowest BCUT2D eigenvalue weighted by molar-refractivity contribution is -0.147. The van der Waals surface area contributed by atoms with Gasteiger partial charge in [0.2, 0.25) is 5.91 Å². The lowest BCUT2D eigenvalue weighted by atomic mass is 9.49. The number of carbonyl (C=O) groups is 1. The molecule has 20 heavy (non-hydrogen) atoms. The molecule has 5 aliphatic rings. The molecule has 0 aliphatic heterocycles. The van der Waals surface area contributed by atoms with Gasteiger partial charge in [0.15, 0.2) is 0 Å². The molecular formula is C17H28N2O. The summed E-state index contributed by atoms with van der Waals surface area (Å²) in [6.07, 6.45) is 12.1. The van der Waals surface area contributed by atoms with Crippen LogP contribution in [0.3, 0.4) is 0 Å². The fourth-order valence-corrected chi connectivity index (χ4v) is 5.99. The Morgan fingerprint density at radius 2 is 1.40 bits per heavy atom. The minimum atomic E-state index is 0.0221. The van der Waals surface area contributed by atoms with E-state index in [0.29, 0.717) is 18.0 Å². The van der Waals surface area contributed by atoms with Crippen molar-refractivity contribution in [3.05, 3.63) is 0 Å². The Morgan fingerprint density at radius 3 is 1.90 bits per heavy atom. The molecule has 0 aromatic rings. The van der Waals surface area contributed by atoms with Crippen molar-refractivity contribution in [1.82, 2.24) is 5.32 Å². The number of nitrogens with one attached hydrogen (secondary N) is 1. The van der Waals surface area contributed by atoms with Crippen molar-refractivity contribution in [3.63, 3.8) is 0 Å². The number of carbonyl (C=O) groups excluding carboxylic acids is 1. The van der Waals surface area contributed by atoms with Crippen molar-refractivity contribution >= 4 is 5.91 Å². The van der Waals surface area contributed by atoms with E-state index in [2.05, 4.69) is 5.32 Å². The van der Waals surface area contributed by atoms with Gasteiger partial charge in [0.25, 0.3) is 0 Å². The van der Waals surface area contributed by atoms with E-state index >= 15 is 0 Å². The lowest BCUT2D eigenvalue weighted by Crippen LogP contribution is -2.55. The van der Waals surface area contributed by atoms with Crippen molar-refractivity contribution in [2.24, 2.45) is 28.9 Å². The van der Waals surface area contributed by atoms with E-state index in [0.717, 1.165) is 43.4 Å². The van der Waals surface area contributed by atoms with Crippen LogP contribution in [-0.4, -0.2) is 18.0 Å². The molecule has 0 radical (unpaired) electrons. The minimum absolute atomic E-state index is 0.0221. The molecule has 0 saturated heterocycles. The summed E-state index contributed by atoms with van der Waals surface area (Å²) in [5.41, 5.74) is 5.98. The van der Waals surface area contributed by atoms with Crippen molar-refractivity contribution in [2.75, 3.05) is 0 Å². The van der Waals surface area contributed by atoms with Crippen molar-refractivity contribution < 1.29 is 4.79 Å². The van der Waals surface area contributed by atoms with Gasteiger partial charge in [-0.15, -0.1) is 0 Å². The third-order valence-corrected chi connectivity index (χ3v) is 6.63. The maximum Gasteiger partial charge on any atom is 0.226 e. The van der Waals surface area contributed by atoms with Crippen LogP contribution in [0.5, 0.6) is 0 Å². The first-order valence-corrected chi connectivity index (χ1v) is 8.69. The highest BCUT2D eigenvalue weighted by Gasteiger charge is 2.54. The second kappa shape index (κ2) is 4.72. The van der Waals surface area contributed by atoms with E-state index in [-0.39, 0.29) is 5.41 Å². The van der Waals surface area contributed by atoms with Gasteiger partial charge in [-0.3, -0.25) is 4.79 Å². The van der Waals surface area contributed by atoms with E-state index in [1.54, 1.807) is 0 Å². The maximum absolute atomic E-state index is 12.9. The van der Waals surface area contributed by atoms with Gasteiger partial charge >= 0.3 is 0 Å². The van der Waals surface area contributed by atoms with E-state index in [9.17, 15) is 4.79 Å². The van der Waals surface area contributed by atoms with Crippen LogP contribution < -0.4 is 11.1 Å². The predicted octanol–water partition coefficient (Wildman–Crippen LogP) is 2.59. The molecule has 0 heterocycles. The smallest absolute Gasteiger partial charge is 0.226 e. The molecule has 0 atom stereocenters. The number of nitrogens with two attached hydrogens (primary N) is 1. The van der Waals surface area contributed by atoms with Gasteiger partial charge in [0.05, 0.1) is 0 Å². The van der Waals surface area contributed by atoms with Gasteiger partial charge in [0.1, 0.15) is 0 Å². The monoisotopic (exact) mass is 276 g/mol. The highest BCUT2D eigenvalue weighted by atomic mass is 16.2. The summed E-state index contributed by atoms with van der Waals surface area (Å²) in [4.78, 5) is 12.9. The first kappa shape index (κ1) is 13.1. The number of hydrogen-bond acceptors (Lipinski definition) is 2. The largest absolute Gasteiger partial charge is 0.353 e. The Labute approximate surface area is 122 Å². The standard InChI is InChI=1S/C17H28N2O/c18-14-1-3-15(4-2-14)19-16(20)17-8-11-5-12(9-17)7-13(6-11)10-17/h11-15H,1-10,18H2,(H,19,20). The Morgan fingerprint density at radius 1 is 0.900 bits per heavy atom. The zero-order chi connectivity index (χ0) is 13.7. The Kier molecular flexibility index (Phi) is 3.10. The molecule has 0 spiro atoms. The van der Waals surface area contributed by atoms with E-state index < -0.39 is 0 Å². The molecule has 4 bridgehead atoms. The fourth-order valence-electron chi connectivity index (χ4n) is 5.99. The van der Waals surface area contributed by atoms with Crippen molar-refractivity contribution in [3.8, 4) is 0 Å². The maximum atomic E-state index is 12.9. The van der Waals surface area contributed by atoms with Gasteiger partial charge in [-0.05, 0) is 82.0 Å². The van der Waals surface area contributed by atoms with Gasteiger partial charge in [-0.2, -0.15) is 0 Å². The molecule has 0 aromatic carbocycles. The zero-order valence-electron chi connectivity index (χ0n) is 12.4. The average Bonchev–Trinajstić information content (AvgIpc) is 2.40. The number of hydrogen-bond donors (Lipinski definition) is 2. The topological polar surface area (TPSA) is 55.1 Å². The Bertz CT molecular complexity index is 363. The van der Waals surface area contributed by atoms with Crippen LogP contribution in [-0.2, 0) is 4.79 Å². The molecule has 0 unspecified atom stereocenters. The summed E-state index contributed by atoms with van der Waals surface area (Å²) in [6.45, 7) is 0. The molecule has 1 amide bonds. The molecule has 5 aliphatic carbocycles. The molecule has 0 aromatic heterocycles. The van der Waals surface area contributed by atoms with Gasteiger partial charge in [0, 0.05) is 17.5 Å². The normalized spacial score (nSPS) is 50.1. The van der Waals surface area contributed by atoms with Gasteiger partial charge in [-0.1, -0.05) is 0 Å².